The molecule has 2 heterocycles. The number of hydrogen-bond acceptors (Lipinski definition) is 3. The second kappa shape index (κ2) is 3.75. The molecule has 3 nitrogen and oxygen atoms in total. The Hall–Kier alpha value is -2.07. The van der Waals surface area contributed by atoms with E-state index in [1.807, 2.05) is 30.3 Å². The number of thiazole rings is 1. The molecular weight excluding hydrogens is 232 g/mol. The minimum atomic E-state index is -0.0106. The molecule has 0 unspecified atom stereocenters. The lowest BCUT2D eigenvalue weighted by atomic mass is 10.2. The van der Waals surface area contributed by atoms with Crippen LogP contribution in [0.3, 0.4) is 0 Å². The number of anilines is 1. The van der Waals surface area contributed by atoms with E-state index < -0.39 is 0 Å². The molecule has 0 fully saturated rings. The highest BCUT2D eigenvalue weighted by Crippen LogP contribution is 2.33. The van der Waals surface area contributed by atoms with Gasteiger partial charge in [0.15, 0.2) is 12.1 Å². The second-order valence-electron chi connectivity index (χ2n) is 3.74. The Bertz CT molecular complexity index is 676. The predicted octanol–water partition coefficient (Wildman–Crippen LogP) is 1.81. The number of nitrogens with zero attached hydrogens (tertiary/aromatic N) is 1. The first kappa shape index (κ1) is 10.1. The Balaban J connectivity index is 2.32. The molecule has 84 valence electrons. The molecule has 17 heavy (non-hydrogen) atoms. The van der Waals surface area contributed by atoms with Gasteiger partial charge < -0.3 is 10.8 Å². The Morgan fingerprint density at radius 2 is 1.82 bits per heavy atom. The third-order valence-corrected chi connectivity index (χ3v) is 3.86. The number of nitrogen functional groups attached to an aromatic ring is 1. The maximum Gasteiger partial charge on any atom is 0.290 e. The summed E-state index contributed by atoms with van der Waals surface area (Å²) in [6, 6.07) is 13.2. The average Bonchev–Trinajstić information content (AvgIpc) is 2.70. The number of nitrogens with two attached hydrogens (primary N) is 1. The Morgan fingerprint density at radius 3 is 2.53 bits per heavy atom. The minimum Gasteiger partial charge on any atom is -0.822 e. The summed E-state index contributed by atoms with van der Waals surface area (Å²) in [4.78, 5) is 1.53. The predicted molar refractivity (Wildman–Crippen MR) is 66.8 cm³/mol. The van der Waals surface area contributed by atoms with Crippen LogP contribution in [0.4, 0.5) is 5.69 Å². The molecule has 0 saturated heterocycles. The van der Waals surface area contributed by atoms with Gasteiger partial charge in [-0.2, -0.15) is 4.40 Å². The lowest BCUT2D eigenvalue weighted by Crippen LogP contribution is -2.23. The van der Waals surface area contributed by atoms with Crippen LogP contribution in [-0.4, -0.2) is 0 Å². The summed E-state index contributed by atoms with van der Waals surface area (Å²) in [7, 11) is 0. The van der Waals surface area contributed by atoms with E-state index in [1.165, 1.54) is 11.3 Å². The number of aromatic nitrogens is 1. The lowest BCUT2D eigenvalue weighted by molar-refractivity contribution is -0.579. The fourth-order valence-electron chi connectivity index (χ4n) is 1.80. The summed E-state index contributed by atoms with van der Waals surface area (Å²) >= 11 is 1.43. The summed E-state index contributed by atoms with van der Waals surface area (Å²) in [5, 5.41) is 12.2. The Morgan fingerprint density at radius 1 is 1.06 bits per heavy atom. The minimum absolute atomic E-state index is 0.0106. The van der Waals surface area contributed by atoms with Gasteiger partial charge in [-0.3, -0.25) is 0 Å². The molecule has 0 aliphatic carbocycles. The van der Waals surface area contributed by atoms with Crippen molar-refractivity contribution in [3.8, 4) is 16.3 Å². The third-order valence-electron chi connectivity index (χ3n) is 2.62. The van der Waals surface area contributed by atoms with Gasteiger partial charge >= 0.3 is 0 Å². The number of hydrogen-bond donors (Lipinski definition) is 1. The third kappa shape index (κ3) is 1.54. The van der Waals surface area contributed by atoms with E-state index in [-0.39, 0.29) is 5.88 Å². The molecule has 0 atom stereocenters. The number of pyridine rings is 1. The monoisotopic (exact) mass is 242 g/mol. The average molecular weight is 242 g/mol. The normalized spacial score (nSPS) is 10.8. The van der Waals surface area contributed by atoms with Crippen molar-refractivity contribution in [3.05, 3.63) is 48.7 Å². The molecule has 3 rings (SSSR count). The van der Waals surface area contributed by atoms with E-state index in [4.69, 9.17) is 5.73 Å². The molecule has 0 saturated carbocycles. The SMILES string of the molecule is Nc1ccc[n+]2c([O-])c(-c3ccccc3)sc12. The van der Waals surface area contributed by atoms with Gasteiger partial charge in [-0.25, -0.2) is 0 Å². The number of benzene rings is 1. The van der Waals surface area contributed by atoms with Crippen molar-refractivity contribution in [2.75, 3.05) is 5.73 Å². The number of fused-ring (bicyclic) bond motifs is 1. The van der Waals surface area contributed by atoms with Gasteiger partial charge in [-0.15, -0.1) is 0 Å². The van der Waals surface area contributed by atoms with Crippen LogP contribution in [0, 0.1) is 0 Å². The van der Waals surface area contributed by atoms with E-state index in [1.54, 1.807) is 22.7 Å². The van der Waals surface area contributed by atoms with Gasteiger partial charge in [0.25, 0.3) is 4.83 Å². The largest absolute Gasteiger partial charge is 0.822 e. The molecule has 3 aromatic rings. The van der Waals surface area contributed by atoms with Crippen molar-refractivity contribution >= 4 is 21.9 Å². The summed E-state index contributed by atoms with van der Waals surface area (Å²) in [5.74, 6) is -0.0106. The molecule has 0 amide bonds. The highest BCUT2D eigenvalue weighted by atomic mass is 32.1. The van der Waals surface area contributed by atoms with Crippen molar-refractivity contribution in [2.24, 2.45) is 0 Å². The smallest absolute Gasteiger partial charge is 0.290 e. The molecular formula is C13H10N2OS. The summed E-state index contributed by atoms with van der Waals surface area (Å²) in [5.41, 5.74) is 7.44. The maximum absolute atomic E-state index is 12.2. The highest BCUT2D eigenvalue weighted by molar-refractivity contribution is 7.21. The molecule has 1 aromatic carbocycles. The molecule has 0 bridgehead atoms. The summed E-state index contributed by atoms with van der Waals surface area (Å²) in [6.07, 6.45) is 1.75. The quantitative estimate of drug-likeness (QED) is 0.662. The summed E-state index contributed by atoms with van der Waals surface area (Å²) in [6.45, 7) is 0. The lowest BCUT2D eigenvalue weighted by Gasteiger charge is -2.00. The van der Waals surface area contributed by atoms with Gasteiger partial charge in [0.2, 0.25) is 0 Å². The fourth-order valence-corrected chi connectivity index (χ4v) is 2.86. The van der Waals surface area contributed by atoms with Crippen LogP contribution >= 0.6 is 11.3 Å². The van der Waals surface area contributed by atoms with Crippen molar-refractivity contribution in [3.63, 3.8) is 0 Å². The molecule has 2 aromatic heterocycles. The van der Waals surface area contributed by atoms with Crippen molar-refractivity contribution in [1.82, 2.24) is 0 Å². The molecule has 0 aliphatic rings. The molecule has 2 N–H and O–H groups in total. The Labute approximate surface area is 102 Å². The standard InChI is InChI=1S/C13H10N2OS/c14-10-7-4-8-15-12(16)11(17-13(10)15)9-5-2-1-3-6-9/h1-8H,14H2. The molecule has 0 radical (unpaired) electrons. The zero-order chi connectivity index (χ0) is 11.8. The van der Waals surface area contributed by atoms with Crippen LogP contribution < -0.4 is 15.2 Å². The molecule has 0 aliphatic heterocycles. The first-order valence-electron chi connectivity index (χ1n) is 5.22. The van der Waals surface area contributed by atoms with E-state index in [9.17, 15) is 5.11 Å². The first-order chi connectivity index (χ1) is 8.27. The van der Waals surface area contributed by atoms with Crippen LogP contribution in [0.1, 0.15) is 0 Å². The molecule has 0 spiro atoms. The topological polar surface area (TPSA) is 53.2 Å². The van der Waals surface area contributed by atoms with Crippen LogP contribution in [0.5, 0.6) is 5.88 Å². The van der Waals surface area contributed by atoms with Crippen molar-refractivity contribution in [1.29, 1.82) is 0 Å². The first-order valence-corrected chi connectivity index (χ1v) is 6.04. The zero-order valence-corrected chi connectivity index (χ0v) is 9.78. The number of rotatable bonds is 1. The van der Waals surface area contributed by atoms with Gasteiger partial charge in [-0.05, 0) is 11.6 Å². The van der Waals surface area contributed by atoms with Gasteiger partial charge in [0.05, 0.1) is 4.88 Å². The zero-order valence-electron chi connectivity index (χ0n) is 8.96. The van der Waals surface area contributed by atoms with E-state index in [2.05, 4.69) is 0 Å². The van der Waals surface area contributed by atoms with Crippen molar-refractivity contribution in [2.45, 2.75) is 0 Å². The van der Waals surface area contributed by atoms with Gasteiger partial charge in [0.1, 0.15) is 5.69 Å². The van der Waals surface area contributed by atoms with Crippen LogP contribution in [0.15, 0.2) is 48.7 Å². The molecule has 4 heteroatoms. The van der Waals surface area contributed by atoms with Crippen LogP contribution in [0.2, 0.25) is 0 Å². The van der Waals surface area contributed by atoms with Gasteiger partial charge in [0, 0.05) is 6.07 Å². The van der Waals surface area contributed by atoms with E-state index >= 15 is 0 Å². The second-order valence-corrected chi connectivity index (χ2v) is 4.74. The summed E-state index contributed by atoms with van der Waals surface area (Å²) < 4.78 is 1.60. The highest BCUT2D eigenvalue weighted by Gasteiger charge is 2.16. The Kier molecular flexibility index (Phi) is 2.23. The van der Waals surface area contributed by atoms with E-state index in [0.717, 1.165) is 15.3 Å². The van der Waals surface area contributed by atoms with Crippen molar-refractivity contribution < 1.29 is 9.51 Å². The van der Waals surface area contributed by atoms with Crippen LogP contribution in [-0.2, 0) is 0 Å². The maximum atomic E-state index is 12.2. The van der Waals surface area contributed by atoms with E-state index in [0.29, 0.717) is 5.69 Å². The van der Waals surface area contributed by atoms with Gasteiger partial charge in [-0.1, -0.05) is 41.7 Å². The fraction of sp³-hybridized carbons (Fsp3) is 0. The van der Waals surface area contributed by atoms with Crippen LogP contribution in [0.25, 0.3) is 15.3 Å².